The van der Waals surface area contributed by atoms with Crippen LogP contribution in [0.3, 0.4) is 0 Å². The van der Waals surface area contributed by atoms with E-state index in [1.165, 1.54) is 0 Å². The first kappa shape index (κ1) is 15.2. The zero-order chi connectivity index (χ0) is 13.5. The lowest BCUT2D eigenvalue weighted by atomic mass is 9.90. The maximum atomic E-state index is 14.0. The molecule has 0 fully saturated rings. The summed E-state index contributed by atoms with van der Waals surface area (Å²) in [7, 11) is 0. The van der Waals surface area contributed by atoms with Gasteiger partial charge in [0.25, 0.3) is 0 Å². The summed E-state index contributed by atoms with van der Waals surface area (Å²) in [5, 5.41) is 3.50. The van der Waals surface area contributed by atoms with Crippen molar-refractivity contribution in [1.82, 2.24) is 5.32 Å². The first-order valence-corrected chi connectivity index (χ1v) is 7.09. The van der Waals surface area contributed by atoms with E-state index in [-0.39, 0.29) is 11.9 Å². The quantitative estimate of drug-likeness (QED) is 0.746. The second kappa shape index (κ2) is 7.52. The Balaban J connectivity index is 2.96. The minimum Gasteiger partial charge on any atom is -0.310 e. The van der Waals surface area contributed by atoms with E-state index in [1.807, 2.05) is 19.1 Å². The van der Waals surface area contributed by atoms with Crippen molar-refractivity contribution in [3.63, 3.8) is 0 Å². The molecule has 2 atom stereocenters. The molecule has 102 valence electrons. The topological polar surface area (TPSA) is 12.0 Å². The number of halogens is 1. The normalized spacial score (nSPS) is 14.5. The van der Waals surface area contributed by atoms with E-state index < -0.39 is 0 Å². The van der Waals surface area contributed by atoms with Gasteiger partial charge in [0.05, 0.1) is 0 Å². The maximum absolute atomic E-state index is 14.0. The molecule has 0 amide bonds. The van der Waals surface area contributed by atoms with Gasteiger partial charge in [-0.1, -0.05) is 44.9 Å². The summed E-state index contributed by atoms with van der Waals surface area (Å²) in [6, 6.07) is 5.53. The average Bonchev–Trinajstić information content (AvgIpc) is 2.34. The Bertz CT molecular complexity index is 362. The fourth-order valence-electron chi connectivity index (χ4n) is 2.44. The summed E-state index contributed by atoms with van der Waals surface area (Å²) >= 11 is 0. The maximum Gasteiger partial charge on any atom is 0.128 e. The molecule has 0 saturated heterocycles. The van der Waals surface area contributed by atoms with E-state index in [2.05, 4.69) is 26.1 Å². The highest BCUT2D eigenvalue weighted by atomic mass is 19.1. The van der Waals surface area contributed by atoms with Gasteiger partial charge in [0.1, 0.15) is 5.82 Å². The predicted molar refractivity (Wildman–Crippen MR) is 76.2 cm³/mol. The third-order valence-corrected chi connectivity index (χ3v) is 3.41. The predicted octanol–water partition coefficient (Wildman–Crippen LogP) is 4.61. The summed E-state index contributed by atoms with van der Waals surface area (Å²) in [5.41, 5.74) is 1.95. The van der Waals surface area contributed by atoms with Crippen LogP contribution in [0.1, 0.15) is 57.2 Å². The molecule has 18 heavy (non-hydrogen) atoms. The van der Waals surface area contributed by atoms with Crippen molar-refractivity contribution in [3.8, 4) is 0 Å². The third kappa shape index (κ3) is 4.09. The van der Waals surface area contributed by atoms with Crippen molar-refractivity contribution in [2.75, 3.05) is 6.54 Å². The van der Waals surface area contributed by atoms with E-state index in [9.17, 15) is 4.39 Å². The molecule has 0 bridgehead atoms. The van der Waals surface area contributed by atoms with Gasteiger partial charge in [0, 0.05) is 11.6 Å². The van der Waals surface area contributed by atoms with E-state index in [4.69, 9.17) is 0 Å². The molecule has 1 nitrogen and oxygen atoms in total. The molecule has 0 radical (unpaired) electrons. The van der Waals surface area contributed by atoms with E-state index in [1.54, 1.807) is 6.07 Å². The molecule has 0 aliphatic rings. The molecule has 0 heterocycles. The molecule has 1 N–H and O–H groups in total. The molecule has 0 saturated carbocycles. The summed E-state index contributed by atoms with van der Waals surface area (Å²) in [6.07, 6.45) is 3.33. The Morgan fingerprint density at radius 1 is 1.22 bits per heavy atom. The molecular formula is C16H26FN. The summed E-state index contributed by atoms with van der Waals surface area (Å²) in [5.74, 6) is 0.370. The fourth-order valence-corrected chi connectivity index (χ4v) is 2.44. The molecule has 0 aliphatic heterocycles. The summed E-state index contributed by atoms with van der Waals surface area (Å²) < 4.78 is 14.0. The molecule has 1 aromatic rings. The number of aryl methyl sites for hydroxylation is 1. The van der Waals surface area contributed by atoms with Gasteiger partial charge >= 0.3 is 0 Å². The number of rotatable bonds is 7. The average molecular weight is 251 g/mol. The van der Waals surface area contributed by atoms with Crippen LogP contribution in [0, 0.1) is 18.7 Å². The highest BCUT2D eigenvalue weighted by Gasteiger charge is 2.21. The molecule has 2 unspecified atom stereocenters. The minimum absolute atomic E-state index is 0.0860. The van der Waals surface area contributed by atoms with Gasteiger partial charge in [0.2, 0.25) is 0 Å². The first-order chi connectivity index (χ1) is 8.60. The summed E-state index contributed by atoms with van der Waals surface area (Å²) in [4.78, 5) is 0. The van der Waals surface area contributed by atoms with Crippen molar-refractivity contribution in [1.29, 1.82) is 0 Å². The Morgan fingerprint density at radius 2 is 1.94 bits per heavy atom. The van der Waals surface area contributed by atoms with Crippen LogP contribution >= 0.6 is 0 Å². The van der Waals surface area contributed by atoms with Crippen LogP contribution < -0.4 is 5.32 Å². The largest absolute Gasteiger partial charge is 0.310 e. The van der Waals surface area contributed by atoms with Crippen LogP contribution in [0.4, 0.5) is 4.39 Å². The Morgan fingerprint density at radius 3 is 2.56 bits per heavy atom. The molecule has 2 heteroatoms. The molecule has 1 rings (SSSR count). The number of nitrogens with one attached hydrogen (secondary N) is 1. The van der Waals surface area contributed by atoms with Crippen molar-refractivity contribution >= 4 is 0 Å². The monoisotopic (exact) mass is 251 g/mol. The van der Waals surface area contributed by atoms with E-state index in [0.29, 0.717) is 5.92 Å². The Labute approximate surface area is 111 Å². The second-order valence-electron chi connectivity index (χ2n) is 5.22. The van der Waals surface area contributed by atoms with Crippen molar-refractivity contribution in [2.24, 2.45) is 5.92 Å². The zero-order valence-electron chi connectivity index (χ0n) is 12.1. The fraction of sp³-hybridized carbons (Fsp3) is 0.625. The summed E-state index contributed by atoms with van der Waals surface area (Å²) in [6.45, 7) is 9.48. The van der Waals surface area contributed by atoms with E-state index in [0.717, 1.165) is 36.9 Å². The van der Waals surface area contributed by atoms with Gasteiger partial charge in [-0.05, 0) is 38.3 Å². The number of hydrogen-bond acceptors (Lipinski definition) is 1. The highest BCUT2D eigenvalue weighted by Crippen LogP contribution is 2.28. The first-order valence-electron chi connectivity index (χ1n) is 7.09. The lowest BCUT2D eigenvalue weighted by Crippen LogP contribution is -2.28. The van der Waals surface area contributed by atoms with Crippen molar-refractivity contribution in [3.05, 3.63) is 35.1 Å². The molecule has 0 spiro atoms. The van der Waals surface area contributed by atoms with Crippen LogP contribution in [0.2, 0.25) is 0 Å². The van der Waals surface area contributed by atoms with Crippen LogP contribution in [-0.2, 0) is 0 Å². The lowest BCUT2D eigenvalue weighted by molar-refractivity contribution is 0.353. The smallest absolute Gasteiger partial charge is 0.128 e. The lowest BCUT2D eigenvalue weighted by Gasteiger charge is -2.26. The van der Waals surface area contributed by atoms with E-state index >= 15 is 0 Å². The van der Waals surface area contributed by atoms with Crippen molar-refractivity contribution < 1.29 is 4.39 Å². The zero-order valence-corrected chi connectivity index (χ0v) is 12.1. The SMILES string of the molecule is CCCNC(c1cc(C)ccc1F)C(C)CCC. The van der Waals surface area contributed by atoms with Crippen LogP contribution in [0.25, 0.3) is 0 Å². The minimum atomic E-state index is -0.0860. The van der Waals surface area contributed by atoms with Crippen LogP contribution in [0.15, 0.2) is 18.2 Å². The standard InChI is InChI=1S/C16H26FN/c1-5-7-13(4)16(18-10-6-2)14-11-12(3)8-9-15(14)17/h8-9,11,13,16,18H,5-7,10H2,1-4H3. The van der Waals surface area contributed by atoms with Gasteiger partial charge < -0.3 is 5.32 Å². The second-order valence-corrected chi connectivity index (χ2v) is 5.22. The molecule has 1 aromatic carbocycles. The van der Waals surface area contributed by atoms with Gasteiger partial charge in [-0.15, -0.1) is 0 Å². The van der Waals surface area contributed by atoms with Crippen molar-refractivity contribution in [2.45, 2.75) is 53.0 Å². The Kier molecular flexibility index (Phi) is 6.34. The van der Waals surface area contributed by atoms with Crippen LogP contribution in [-0.4, -0.2) is 6.54 Å². The van der Waals surface area contributed by atoms with Gasteiger partial charge in [-0.3, -0.25) is 0 Å². The highest BCUT2D eigenvalue weighted by molar-refractivity contribution is 5.27. The molecular weight excluding hydrogens is 225 g/mol. The van der Waals surface area contributed by atoms with Crippen LogP contribution in [0.5, 0.6) is 0 Å². The number of benzene rings is 1. The Hall–Kier alpha value is -0.890. The molecule has 0 aliphatic carbocycles. The van der Waals surface area contributed by atoms with Gasteiger partial charge in [0.15, 0.2) is 0 Å². The third-order valence-electron chi connectivity index (χ3n) is 3.41. The van der Waals surface area contributed by atoms with Gasteiger partial charge in [-0.25, -0.2) is 4.39 Å². The van der Waals surface area contributed by atoms with Gasteiger partial charge in [-0.2, -0.15) is 0 Å². The molecule has 0 aromatic heterocycles. The number of hydrogen-bond donors (Lipinski definition) is 1.